The number of quaternary nitrogens is 1. The van der Waals surface area contributed by atoms with Crippen molar-refractivity contribution in [3.05, 3.63) is 71.0 Å². The molecule has 2 saturated heterocycles. The Labute approximate surface area is 284 Å². The predicted molar refractivity (Wildman–Crippen MR) is 172 cm³/mol. The minimum absolute atomic E-state index is 0.00507. The average Bonchev–Trinajstić information content (AvgIpc) is 3.82. The number of hydrogen-bond donors (Lipinski definition) is 2. The number of benzene rings is 1. The van der Waals surface area contributed by atoms with Gasteiger partial charge >= 0.3 is 6.18 Å². The number of aromatic nitrogens is 5. The highest BCUT2D eigenvalue weighted by atomic mass is 35.5. The normalized spacial score (nSPS) is 18.1. The van der Waals surface area contributed by atoms with Gasteiger partial charge in [0.1, 0.15) is 5.75 Å². The second-order valence-corrected chi connectivity index (χ2v) is 12.4. The van der Waals surface area contributed by atoms with E-state index in [0.29, 0.717) is 31.9 Å². The number of carbonyl (C=O) groups excluding carboxylic acids is 3. The standard InChI is InChI=1S/C32H33ClF3N9O4/c1-41-10-4-5-24(41)31(48)44-13-11-43(12-14-44)30(47)21-8-6-19(15-23(21)33)39-29(46)28-38-17-25(42(28)2)22-18-45(40-27(22)32(34,35)36)26-9-7-20(49-3)16-37-26/h6-9,15-18,24H,4-5,10-14H2,1-3H3,(H,39,46)/p+1. The van der Waals surface area contributed by atoms with E-state index in [9.17, 15) is 27.6 Å². The molecule has 258 valence electrons. The minimum atomic E-state index is -4.81. The SMILES string of the molecule is COc1ccc(-n2cc(-c3cnc(C(=O)Nc4ccc(C(=O)N5CCN(C(=O)C6CCC[NH+]6C)CC5)c(Cl)c4)n3C)c(C(F)(F)F)n2)nc1. The van der Waals surface area contributed by atoms with E-state index in [1.54, 1.807) is 11.0 Å². The Hall–Kier alpha value is -4.96. The number of hydrogen-bond acceptors (Lipinski definition) is 7. The summed E-state index contributed by atoms with van der Waals surface area (Å²) >= 11 is 6.48. The zero-order chi connectivity index (χ0) is 35.0. The second kappa shape index (κ2) is 13.5. The highest BCUT2D eigenvalue weighted by molar-refractivity contribution is 6.34. The third-order valence-electron chi connectivity index (χ3n) is 8.93. The van der Waals surface area contributed by atoms with Gasteiger partial charge in [-0.2, -0.15) is 18.3 Å². The van der Waals surface area contributed by atoms with Crippen LogP contribution >= 0.6 is 11.6 Å². The molecule has 2 fully saturated rings. The Kier molecular flexibility index (Phi) is 9.35. The molecule has 3 aromatic heterocycles. The Balaban J connectivity index is 1.14. The summed E-state index contributed by atoms with van der Waals surface area (Å²) in [6.07, 6.45) is 0.761. The summed E-state index contributed by atoms with van der Waals surface area (Å²) in [4.78, 5) is 52.3. The van der Waals surface area contributed by atoms with E-state index in [1.165, 1.54) is 60.3 Å². The first-order chi connectivity index (χ1) is 23.3. The number of ether oxygens (including phenoxy) is 1. The largest absolute Gasteiger partial charge is 0.495 e. The van der Waals surface area contributed by atoms with Crippen LogP contribution in [0.5, 0.6) is 5.75 Å². The molecule has 3 amide bonds. The molecule has 0 spiro atoms. The lowest BCUT2D eigenvalue weighted by Gasteiger charge is -2.36. The molecule has 49 heavy (non-hydrogen) atoms. The number of pyridine rings is 1. The number of amides is 3. The lowest BCUT2D eigenvalue weighted by Crippen LogP contribution is -3.12. The molecule has 4 aromatic rings. The number of alkyl halides is 3. The van der Waals surface area contributed by atoms with Crippen molar-refractivity contribution in [3.63, 3.8) is 0 Å². The van der Waals surface area contributed by atoms with Gasteiger partial charge in [0.25, 0.3) is 17.7 Å². The number of nitrogens with zero attached hydrogens (tertiary/aromatic N) is 7. The highest BCUT2D eigenvalue weighted by Crippen LogP contribution is 2.37. The van der Waals surface area contributed by atoms with Crippen LogP contribution in [0.2, 0.25) is 5.02 Å². The molecule has 17 heteroatoms. The molecule has 0 bridgehead atoms. The zero-order valence-electron chi connectivity index (χ0n) is 26.9. The number of imidazole rings is 1. The van der Waals surface area contributed by atoms with Gasteiger partial charge in [-0.05, 0) is 30.3 Å². The molecule has 6 rings (SSSR count). The van der Waals surface area contributed by atoms with E-state index >= 15 is 0 Å². The summed E-state index contributed by atoms with van der Waals surface area (Å²) in [7, 11) is 4.89. The number of halogens is 4. The van der Waals surface area contributed by atoms with Gasteiger partial charge in [0.05, 0.1) is 54.9 Å². The predicted octanol–water partition coefficient (Wildman–Crippen LogP) is 2.56. The Morgan fingerprint density at radius 2 is 1.78 bits per heavy atom. The quantitative estimate of drug-likeness (QED) is 0.303. The van der Waals surface area contributed by atoms with Crippen molar-refractivity contribution >= 4 is 35.0 Å². The molecule has 2 N–H and O–H groups in total. The number of likely N-dealkylation sites (N-methyl/N-ethyl adjacent to an activating group) is 1. The molecule has 2 atom stereocenters. The van der Waals surface area contributed by atoms with Crippen molar-refractivity contribution in [3.8, 4) is 22.8 Å². The number of likely N-dealkylation sites (tertiary alicyclic amines) is 1. The minimum Gasteiger partial charge on any atom is -0.495 e. The fourth-order valence-corrected chi connectivity index (χ4v) is 6.46. The first-order valence-corrected chi connectivity index (χ1v) is 15.9. The molecule has 2 unspecified atom stereocenters. The van der Waals surface area contributed by atoms with Gasteiger partial charge < -0.3 is 29.3 Å². The fourth-order valence-electron chi connectivity index (χ4n) is 6.20. The topological polar surface area (TPSA) is 132 Å². The van der Waals surface area contributed by atoms with Crippen LogP contribution in [0, 0.1) is 0 Å². The van der Waals surface area contributed by atoms with E-state index in [1.807, 2.05) is 11.9 Å². The summed E-state index contributed by atoms with van der Waals surface area (Å²) in [5, 5.41) is 6.47. The lowest BCUT2D eigenvalue weighted by atomic mass is 10.1. The molecular formula is C32H34ClF3N9O4+. The zero-order valence-corrected chi connectivity index (χ0v) is 27.7. The number of nitrogens with one attached hydrogen (secondary N) is 2. The first-order valence-electron chi connectivity index (χ1n) is 15.6. The first kappa shape index (κ1) is 33.9. The second-order valence-electron chi connectivity index (χ2n) is 12.0. The van der Waals surface area contributed by atoms with Crippen LogP contribution in [-0.2, 0) is 18.0 Å². The van der Waals surface area contributed by atoms with Crippen LogP contribution in [0.1, 0.15) is 39.5 Å². The molecule has 0 saturated carbocycles. The Bertz CT molecular complexity index is 1890. The van der Waals surface area contributed by atoms with E-state index in [4.69, 9.17) is 16.3 Å². The highest BCUT2D eigenvalue weighted by Gasteiger charge is 2.39. The number of carbonyl (C=O) groups is 3. The van der Waals surface area contributed by atoms with Crippen LogP contribution < -0.4 is 15.0 Å². The maximum Gasteiger partial charge on any atom is 0.435 e. The van der Waals surface area contributed by atoms with Gasteiger partial charge in [-0.1, -0.05) is 11.6 Å². The van der Waals surface area contributed by atoms with Crippen molar-refractivity contribution in [2.45, 2.75) is 25.1 Å². The van der Waals surface area contributed by atoms with Crippen molar-refractivity contribution in [1.82, 2.24) is 34.1 Å². The number of methoxy groups -OCH3 is 1. The fraction of sp³-hybridized carbons (Fsp3) is 0.375. The summed E-state index contributed by atoms with van der Waals surface area (Å²) in [6, 6.07) is 7.39. The van der Waals surface area contributed by atoms with Crippen LogP contribution in [0.3, 0.4) is 0 Å². The molecule has 1 aromatic carbocycles. The van der Waals surface area contributed by atoms with Crippen LogP contribution in [-0.4, -0.2) is 105 Å². The van der Waals surface area contributed by atoms with E-state index in [-0.39, 0.29) is 57.0 Å². The maximum absolute atomic E-state index is 14.1. The summed E-state index contributed by atoms with van der Waals surface area (Å²) < 4.78 is 49.4. The van der Waals surface area contributed by atoms with Gasteiger partial charge in [-0.3, -0.25) is 14.4 Å². The number of rotatable bonds is 7. The lowest BCUT2D eigenvalue weighted by molar-refractivity contribution is -0.882. The molecular weight excluding hydrogens is 667 g/mol. The Morgan fingerprint density at radius 3 is 2.39 bits per heavy atom. The molecule has 0 aliphatic carbocycles. The molecule has 13 nitrogen and oxygen atoms in total. The third-order valence-corrected chi connectivity index (χ3v) is 9.25. The van der Waals surface area contributed by atoms with E-state index < -0.39 is 17.8 Å². The molecule has 0 radical (unpaired) electrons. The monoisotopic (exact) mass is 700 g/mol. The van der Waals surface area contributed by atoms with Crippen molar-refractivity contribution in [2.24, 2.45) is 7.05 Å². The van der Waals surface area contributed by atoms with Crippen LogP contribution in [0.15, 0.2) is 48.9 Å². The van der Waals surface area contributed by atoms with Gasteiger partial charge in [0, 0.05) is 58.0 Å². The van der Waals surface area contributed by atoms with Crippen molar-refractivity contribution in [1.29, 1.82) is 0 Å². The number of anilines is 1. The average molecular weight is 701 g/mol. The van der Waals surface area contributed by atoms with Crippen molar-refractivity contribution < 1.29 is 37.2 Å². The molecule has 2 aliphatic heterocycles. The smallest absolute Gasteiger partial charge is 0.435 e. The number of piperazine rings is 1. The van der Waals surface area contributed by atoms with Gasteiger partial charge in [-0.15, -0.1) is 0 Å². The Morgan fingerprint density at radius 1 is 1.04 bits per heavy atom. The van der Waals surface area contributed by atoms with Crippen molar-refractivity contribution in [2.75, 3.05) is 52.2 Å². The maximum atomic E-state index is 14.1. The summed E-state index contributed by atoms with van der Waals surface area (Å²) in [5.41, 5.74) is -0.995. The van der Waals surface area contributed by atoms with Crippen LogP contribution in [0.25, 0.3) is 17.1 Å². The van der Waals surface area contributed by atoms with Crippen LogP contribution in [0.4, 0.5) is 18.9 Å². The van der Waals surface area contributed by atoms with Gasteiger partial charge in [0.2, 0.25) is 0 Å². The van der Waals surface area contributed by atoms with Gasteiger partial charge in [0.15, 0.2) is 23.4 Å². The summed E-state index contributed by atoms with van der Waals surface area (Å²) in [6.45, 7) is 2.60. The third kappa shape index (κ3) is 6.83. The molecule has 5 heterocycles. The van der Waals surface area contributed by atoms with E-state index in [2.05, 4.69) is 20.4 Å². The molecule has 2 aliphatic rings. The summed E-state index contributed by atoms with van der Waals surface area (Å²) in [5.74, 6) is -0.500. The van der Waals surface area contributed by atoms with E-state index in [0.717, 1.165) is 30.3 Å². The van der Waals surface area contributed by atoms with Gasteiger partial charge in [-0.25, -0.2) is 14.6 Å².